The Morgan fingerprint density at radius 1 is 1.11 bits per heavy atom. The van der Waals surface area contributed by atoms with Gasteiger partial charge in [0, 0.05) is 21.7 Å². The van der Waals surface area contributed by atoms with E-state index in [1.165, 1.54) is 21.9 Å². The minimum absolute atomic E-state index is 0.166. The summed E-state index contributed by atoms with van der Waals surface area (Å²) in [4.78, 5) is 29.5. The first-order valence-corrected chi connectivity index (χ1v) is 9.70. The third kappa shape index (κ3) is 3.81. The van der Waals surface area contributed by atoms with E-state index in [1.807, 2.05) is 30.3 Å². The number of benzene rings is 2. The predicted molar refractivity (Wildman–Crippen MR) is 108 cm³/mol. The number of nitrogens with one attached hydrogen (secondary N) is 1. The van der Waals surface area contributed by atoms with E-state index in [4.69, 9.17) is 0 Å². The van der Waals surface area contributed by atoms with E-state index < -0.39 is 0 Å². The smallest absolute Gasteiger partial charge is 0.275 e. The quantitative estimate of drug-likeness (QED) is 0.526. The second kappa shape index (κ2) is 7.42. The second-order valence-corrected chi connectivity index (χ2v) is 7.61. The van der Waals surface area contributed by atoms with Gasteiger partial charge in [-0.2, -0.15) is 9.61 Å². The number of halogens is 1. The molecule has 27 heavy (non-hydrogen) atoms. The molecule has 0 aliphatic carbocycles. The highest BCUT2D eigenvalue weighted by Gasteiger charge is 2.11. The molecule has 4 rings (SSSR count). The molecule has 4 aromatic rings. The molecule has 0 saturated heterocycles. The first kappa shape index (κ1) is 17.6. The van der Waals surface area contributed by atoms with E-state index in [2.05, 4.69) is 31.3 Å². The van der Waals surface area contributed by atoms with Crippen LogP contribution in [0.1, 0.15) is 16.1 Å². The molecule has 0 saturated carbocycles. The van der Waals surface area contributed by atoms with Gasteiger partial charge in [-0.3, -0.25) is 9.59 Å². The van der Waals surface area contributed by atoms with Crippen LogP contribution in [0.25, 0.3) is 15.5 Å². The molecule has 0 spiro atoms. The summed E-state index contributed by atoms with van der Waals surface area (Å²) < 4.78 is 2.19. The van der Waals surface area contributed by atoms with Gasteiger partial charge in [0.15, 0.2) is 0 Å². The lowest BCUT2D eigenvalue weighted by molar-refractivity contribution is 0.0950. The van der Waals surface area contributed by atoms with Crippen molar-refractivity contribution < 1.29 is 4.79 Å². The molecule has 134 valence electrons. The topological polar surface area (TPSA) is 76.4 Å². The molecule has 0 radical (unpaired) electrons. The number of fused-ring (bicyclic) bond motifs is 1. The standard InChI is InChI=1S/C19H13BrN4O2S/c20-14-8-6-12(7-9-14)17(26)21-11-15-10-16(25)24-19(22-15)27-18(23-24)13-4-2-1-3-5-13/h1-10H,11H2,(H,21,26). The minimum Gasteiger partial charge on any atom is -0.346 e. The normalized spacial score (nSPS) is 10.9. The Balaban J connectivity index is 1.57. The Kier molecular flexibility index (Phi) is 4.83. The zero-order valence-corrected chi connectivity index (χ0v) is 16.3. The Hall–Kier alpha value is -2.84. The number of hydrogen-bond acceptors (Lipinski definition) is 5. The largest absolute Gasteiger partial charge is 0.346 e. The van der Waals surface area contributed by atoms with Crippen molar-refractivity contribution in [1.82, 2.24) is 19.9 Å². The predicted octanol–water partition coefficient (Wildman–Crippen LogP) is 3.51. The molecule has 1 amide bonds. The van der Waals surface area contributed by atoms with Crippen molar-refractivity contribution in [3.05, 3.63) is 86.7 Å². The van der Waals surface area contributed by atoms with E-state index in [0.717, 1.165) is 15.0 Å². The van der Waals surface area contributed by atoms with Crippen molar-refractivity contribution in [3.63, 3.8) is 0 Å². The molecule has 0 unspecified atom stereocenters. The lowest BCUT2D eigenvalue weighted by Gasteiger charge is -2.05. The van der Waals surface area contributed by atoms with Crippen LogP contribution >= 0.6 is 27.3 Å². The van der Waals surface area contributed by atoms with Gasteiger partial charge in [0.05, 0.1) is 12.2 Å². The summed E-state index contributed by atoms with van der Waals surface area (Å²) in [6, 6.07) is 18.1. The Bertz CT molecular complexity index is 1170. The van der Waals surface area contributed by atoms with Crippen LogP contribution in [0.15, 0.2) is 69.9 Å². The maximum Gasteiger partial charge on any atom is 0.275 e. The SMILES string of the molecule is O=C(NCc1cc(=O)n2nc(-c3ccccc3)sc2n1)c1ccc(Br)cc1. The van der Waals surface area contributed by atoms with E-state index in [1.54, 1.807) is 24.3 Å². The van der Waals surface area contributed by atoms with Gasteiger partial charge in [0.2, 0.25) is 4.96 Å². The van der Waals surface area contributed by atoms with E-state index in [9.17, 15) is 9.59 Å². The van der Waals surface area contributed by atoms with Crippen LogP contribution in [0.5, 0.6) is 0 Å². The number of carbonyl (C=O) groups excluding carboxylic acids is 1. The summed E-state index contributed by atoms with van der Waals surface area (Å²) in [7, 11) is 0. The van der Waals surface area contributed by atoms with Crippen LogP contribution in [0.3, 0.4) is 0 Å². The zero-order valence-electron chi connectivity index (χ0n) is 13.9. The first-order valence-electron chi connectivity index (χ1n) is 8.09. The highest BCUT2D eigenvalue weighted by Crippen LogP contribution is 2.23. The molecule has 2 aromatic heterocycles. The van der Waals surface area contributed by atoms with Gasteiger partial charge >= 0.3 is 0 Å². The van der Waals surface area contributed by atoms with Crippen LogP contribution in [-0.4, -0.2) is 20.5 Å². The van der Waals surface area contributed by atoms with Gasteiger partial charge in [-0.1, -0.05) is 57.6 Å². The van der Waals surface area contributed by atoms with Crippen LogP contribution < -0.4 is 10.9 Å². The van der Waals surface area contributed by atoms with Gasteiger partial charge < -0.3 is 5.32 Å². The van der Waals surface area contributed by atoms with Crippen LogP contribution in [0.2, 0.25) is 0 Å². The first-order chi connectivity index (χ1) is 13.1. The number of carbonyl (C=O) groups is 1. The number of amides is 1. The van der Waals surface area contributed by atoms with Crippen molar-refractivity contribution in [2.45, 2.75) is 6.54 Å². The summed E-state index contributed by atoms with van der Waals surface area (Å²) in [5, 5.41) is 7.85. The fraction of sp³-hybridized carbons (Fsp3) is 0.0526. The summed E-state index contributed by atoms with van der Waals surface area (Å²) in [6.07, 6.45) is 0. The lowest BCUT2D eigenvalue weighted by Crippen LogP contribution is -2.25. The molecule has 6 nitrogen and oxygen atoms in total. The van der Waals surface area contributed by atoms with Crippen molar-refractivity contribution >= 4 is 38.1 Å². The molecule has 8 heteroatoms. The van der Waals surface area contributed by atoms with E-state index >= 15 is 0 Å². The highest BCUT2D eigenvalue weighted by molar-refractivity contribution is 9.10. The molecular weight excluding hydrogens is 428 g/mol. The third-order valence-electron chi connectivity index (χ3n) is 3.86. The molecule has 2 heterocycles. The number of nitrogens with zero attached hydrogens (tertiary/aromatic N) is 3. The Morgan fingerprint density at radius 3 is 2.59 bits per heavy atom. The maximum atomic E-state index is 12.3. The molecular formula is C19H13BrN4O2S. The Labute approximate surface area is 166 Å². The van der Waals surface area contributed by atoms with Gasteiger partial charge in [-0.05, 0) is 24.3 Å². The maximum absolute atomic E-state index is 12.3. The highest BCUT2D eigenvalue weighted by atomic mass is 79.9. The summed E-state index contributed by atoms with van der Waals surface area (Å²) >= 11 is 4.67. The van der Waals surface area contributed by atoms with Crippen LogP contribution in [0, 0.1) is 0 Å². The average Bonchev–Trinajstić information content (AvgIpc) is 3.12. The number of rotatable bonds is 4. The van der Waals surface area contributed by atoms with Crippen LogP contribution in [0.4, 0.5) is 0 Å². The minimum atomic E-state index is -0.272. The van der Waals surface area contributed by atoms with Crippen molar-refractivity contribution in [2.24, 2.45) is 0 Å². The second-order valence-electron chi connectivity index (χ2n) is 5.74. The van der Waals surface area contributed by atoms with Crippen molar-refractivity contribution in [2.75, 3.05) is 0 Å². The molecule has 0 aliphatic rings. The van der Waals surface area contributed by atoms with Gasteiger partial charge in [0.25, 0.3) is 11.5 Å². The monoisotopic (exact) mass is 440 g/mol. The lowest BCUT2D eigenvalue weighted by atomic mass is 10.2. The van der Waals surface area contributed by atoms with Crippen molar-refractivity contribution in [1.29, 1.82) is 0 Å². The van der Waals surface area contributed by atoms with Gasteiger partial charge in [-0.15, -0.1) is 0 Å². The van der Waals surface area contributed by atoms with Crippen molar-refractivity contribution in [3.8, 4) is 10.6 Å². The summed E-state index contributed by atoms with van der Waals surface area (Å²) in [5.41, 5.74) is 1.69. The van der Waals surface area contributed by atoms with Gasteiger partial charge in [-0.25, -0.2) is 4.98 Å². The van der Waals surface area contributed by atoms with E-state index in [-0.39, 0.29) is 18.0 Å². The summed E-state index contributed by atoms with van der Waals surface area (Å²) in [5.74, 6) is -0.223. The molecule has 0 aliphatic heterocycles. The summed E-state index contributed by atoms with van der Waals surface area (Å²) in [6.45, 7) is 0.166. The van der Waals surface area contributed by atoms with Crippen LogP contribution in [-0.2, 0) is 6.54 Å². The number of hydrogen-bond donors (Lipinski definition) is 1. The average molecular weight is 441 g/mol. The number of aromatic nitrogens is 3. The third-order valence-corrected chi connectivity index (χ3v) is 5.34. The molecule has 0 atom stereocenters. The molecule has 2 aromatic carbocycles. The molecule has 1 N–H and O–H groups in total. The van der Waals surface area contributed by atoms with Gasteiger partial charge in [0.1, 0.15) is 5.01 Å². The Morgan fingerprint density at radius 2 is 1.85 bits per heavy atom. The fourth-order valence-electron chi connectivity index (χ4n) is 2.52. The molecule has 0 fully saturated rings. The zero-order chi connectivity index (χ0) is 18.8. The van der Waals surface area contributed by atoms with E-state index in [0.29, 0.717) is 16.2 Å². The molecule has 0 bridgehead atoms. The fourth-order valence-corrected chi connectivity index (χ4v) is 3.71.